The molecule has 0 fully saturated rings. The van der Waals surface area contributed by atoms with Gasteiger partial charge in [-0.15, -0.1) is 0 Å². The summed E-state index contributed by atoms with van der Waals surface area (Å²) in [5.41, 5.74) is 1.53. The highest BCUT2D eigenvalue weighted by molar-refractivity contribution is 5.75. The molecule has 0 bridgehead atoms. The van der Waals surface area contributed by atoms with Crippen molar-refractivity contribution in [1.82, 2.24) is 29.2 Å². The highest BCUT2D eigenvalue weighted by Crippen LogP contribution is 2.24. The minimum atomic E-state index is -0.360. The Hall–Kier alpha value is -4.67. The van der Waals surface area contributed by atoms with Crippen molar-refractivity contribution in [3.8, 4) is 34.3 Å². The van der Waals surface area contributed by atoms with Crippen molar-refractivity contribution in [2.24, 2.45) is 11.8 Å². The van der Waals surface area contributed by atoms with E-state index in [1.807, 2.05) is 64.1 Å². The molecule has 5 rings (SSSR count). The van der Waals surface area contributed by atoms with Crippen LogP contribution in [0.1, 0.15) is 33.5 Å². The van der Waals surface area contributed by atoms with Gasteiger partial charge in [-0.25, -0.2) is 9.78 Å². The molecule has 0 radical (unpaired) electrons. The largest absolute Gasteiger partial charge is 0.497 e. The molecule has 11 nitrogen and oxygen atoms in total. The molecule has 0 saturated carbocycles. The van der Waals surface area contributed by atoms with Crippen LogP contribution in [0.3, 0.4) is 0 Å². The zero-order valence-electron chi connectivity index (χ0n) is 23.2. The summed E-state index contributed by atoms with van der Waals surface area (Å²) in [6, 6.07) is 14.6. The van der Waals surface area contributed by atoms with Crippen molar-refractivity contribution < 1.29 is 14.0 Å². The van der Waals surface area contributed by atoms with E-state index < -0.39 is 0 Å². The molecule has 0 amide bonds. The second-order valence-electron chi connectivity index (χ2n) is 10.4. The first-order chi connectivity index (χ1) is 19.2. The number of ether oxygens (including phenoxy) is 2. The Labute approximate surface area is 230 Å². The first kappa shape index (κ1) is 26.9. The highest BCUT2D eigenvalue weighted by atomic mass is 16.5. The van der Waals surface area contributed by atoms with Gasteiger partial charge in [-0.2, -0.15) is 4.98 Å². The molecular weight excluding hydrogens is 512 g/mol. The number of nitrogens with one attached hydrogen (secondary N) is 1. The van der Waals surface area contributed by atoms with Crippen LogP contribution in [0.2, 0.25) is 0 Å². The molecule has 0 aliphatic heterocycles. The Morgan fingerprint density at radius 2 is 1.48 bits per heavy atom. The molecule has 40 heavy (non-hydrogen) atoms. The van der Waals surface area contributed by atoms with E-state index >= 15 is 0 Å². The van der Waals surface area contributed by atoms with Crippen LogP contribution >= 0.6 is 0 Å². The number of fused-ring (bicyclic) bond motifs is 1. The van der Waals surface area contributed by atoms with Gasteiger partial charge in [0.2, 0.25) is 5.82 Å². The topological polar surface area (TPSA) is 130 Å². The molecule has 3 aromatic heterocycles. The van der Waals surface area contributed by atoms with Crippen LogP contribution in [0.5, 0.6) is 11.5 Å². The number of methoxy groups -OCH3 is 1. The normalized spacial score (nSPS) is 11.6. The molecule has 11 heteroatoms. The van der Waals surface area contributed by atoms with Crippen molar-refractivity contribution in [3.05, 3.63) is 75.2 Å². The Morgan fingerprint density at radius 1 is 0.850 bits per heavy atom. The molecule has 5 aromatic rings. The quantitative estimate of drug-likeness (QED) is 0.272. The molecule has 3 heterocycles. The highest BCUT2D eigenvalue weighted by Gasteiger charge is 2.19. The molecule has 0 atom stereocenters. The Morgan fingerprint density at radius 3 is 2.12 bits per heavy atom. The number of hydrogen-bond acceptors (Lipinski definition) is 8. The van der Waals surface area contributed by atoms with Crippen molar-refractivity contribution in [2.75, 3.05) is 7.11 Å². The first-order valence-electron chi connectivity index (χ1n) is 13.2. The number of H-pyrrole nitrogens is 1. The summed E-state index contributed by atoms with van der Waals surface area (Å²) < 4.78 is 19.3. The average molecular weight is 545 g/mol. The van der Waals surface area contributed by atoms with Gasteiger partial charge in [0.05, 0.1) is 7.11 Å². The van der Waals surface area contributed by atoms with Crippen molar-refractivity contribution in [2.45, 2.75) is 47.4 Å². The van der Waals surface area contributed by atoms with Crippen LogP contribution < -0.4 is 20.7 Å². The Kier molecular flexibility index (Phi) is 7.54. The number of aromatic amines is 1. The van der Waals surface area contributed by atoms with Gasteiger partial charge < -0.3 is 19.0 Å². The lowest BCUT2D eigenvalue weighted by atomic mass is 10.2. The van der Waals surface area contributed by atoms with E-state index in [0.29, 0.717) is 47.5 Å². The van der Waals surface area contributed by atoms with Crippen molar-refractivity contribution >= 4 is 11.2 Å². The monoisotopic (exact) mass is 544 g/mol. The molecule has 0 unspecified atom stereocenters. The third-order valence-electron chi connectivity index (χ3n) is 6.26. The van der Waals surface area contributed by atoms with E-state index in [1.54, 1.807) is 23.8 Å². The SMILES string of the molecule is COc1ccc(-c2nc(COc3ccc(-c4nc5c([nH]4)c(=O)n(CC(C)C)c(=O)n5CC(C)C)cc3)no2)cc1. The molecule has 208 valence electrons. The van der Waals surface area contributed by atoms with Gasteiger partial charge in [0.1, 0.15) is 22.8 Å². The summed E-state index contributed by atoms with van der Waals surface area (Å²) in [4.78, 5) is 38.6. The van der Waals surface area contributed by atoms with Crippen molar-refractivity contribution in [3.63, 3.8) is 0 Å². The average Bonchev–Trinajstić information content (AvgIpc) is 3.61. The Bertz CT molecular complexity index is 1730. The predicted octanol–water partition coefficient (Wildman–Crippen LogP) is 4.50. The Balaban J connectivity index is 1.35. The van der Waals surface area contributed by atoms with Crippen LogP contribution in [-0.2, 0) is 19.7 Å². The fourth-order valence-corrected chi connectivity index (χ4v) is 4.38. The van der Waals surface area contributed by atoms with Gasteiger partial charge in [-0.3, -0.25) is 13.9 Å². The maximum atomic E-state index is 13.2. The number of benzene rings is 2. The molecule has 0 spiro atoms. The summed E-state index contributed by atoms with van der Waals surface area (Å²) in [6.07, 6.45) is 0. The fourth-order valence-electron chi connectivity index (χ4n) is 4.38. The number of nitrogens with zero attached hydrogens (tertiary/aromatic N) is 5. The van der Waals surface area contributed by atoms with Gasteiger partial charge in [-0.1, -0.05) is 32.9 Å². The zero-order chi connectivity index (χ0) is 28.4. The molecule has 1 N–H and O–H groups in total. The second-order valence-corrected chi connectivity index (χ2v) is 10.4. The number of imidazole rings is 1. The first-order valence-corrected chi connectivity index (χ1v) is 13.2. The van der Waals surface area contributed by atoms with Gasteiger partial charge in [0.25, 0.3) is 11.4 Å². The van der Waals surface area contributed by atoms with Gasteiger partial charge in [-0.05, 0) is 60.4 Å². The van der Waals surface area contributed by atoms with Crippen LogP contribution in [0, 0.1) is 11.8 Å². The third-order valence-corrected chi connectivity index (χ3v) is 6.26. The smallest absolute Gasteiger partial charge is 0.332 e. The van der Waals surface area contributed by atoms with Gasteiger partial charge in [0.15, 0.2) is 12.3 Å². The molecule has 0 aliphatic rings. The minimum Gasteiger partial charge on any atom is -0.497 e. The number of aromatic nitrogens is 6. The van der Waals surface area contributed by atoms with Crippen LogP contribution in [-0.4, -0.2) is 36.4 Å². The van der Waals surface area contributed by atoms with Crippen LogP contribution in [0.15, 0.2) is 62.6 Å². The lowest BCUT2D eigenvalue weighted by Gasteiger charge is -2.14. The van der Waals surface area contributed by atoms with E-state index in [2.05, 4.69) is 20.1 Å². The summed E-state index contributed by atoms with van der Waals surface area (Å²) in [6.45, 7) is 8.93. The van der Waals surface area contributed by atoms with E-state index in [1.165, 1.54) is 4.57 Å². The van der Waals surface area contributed by atoms with Gasteiger partial charge >= 0.3 is 5.69 Å². The summed E-state index contributed by atoms with van der Waals surface area (Å²) in [5.74, 6) is 3.00. The fraction of sp³-hybridized carbons (Fsp3) is 0.345. The maximum absolute atomic E-state index is 13.2. The summed E-state index contributed by atoms with van der Waals surface area (Å²) >= 11 is 0. The predicted molar refractivity (Wildman–Crippen MR) is 150 cm³/mol. The summed E-state index contributed by atoms with van der Waals surface area (Å²) in [5, 5.41) is 3.99. The zero-order valence-corrected chi connectivity index (χ0v) is 23.2. The molecule has 2 aromatic carbocycles. The number of rotatable bonds is 10. The standard InChI is InChI=1S/C29H32N6O5/c1-17(2)14-34-26-24(28(36)35(29(34)37)15-18(3)4)31-25(32-26)19-6-12-22(13-7-19)39-16-23-30-27(40-33-23)20-8-10-21(38-5)11-9-20/h6-13,17-18H,14-16H2,1-5H3,(H,31,32). The van der Waals surface area contributed by atoms with E-state index in [9.17, 15) is 9.59 Å². The van der Waals surface area contributed by atoms with E-state index in [0.717, 1.165) is 16.9 Å². The lowest BCUT2D eigenvalue weighted by molar-refractivity contribution is 0.287. The lowest BCUT2D eigenvalue weighted by Crippen LogP contribution is -2.41. The van der Waals surface area contributed by atoms with E-state index in [4.69, 9.17) is 14.0 Å². The summed E-state index contributed by atoms with van der Waals surface area (Å²) in [7, 11) is 1.61. The van der Waals surface area contributed by atoms with Crippen molar-refractivity contribution in [1.29, 1.82) is 0 Å². The number of hydrogen-bond donors (Lipinski definition) is 1. The van der Waals surface area contributed by atoms with E-state index in [-0.39, 0.29) is 29.7 Å². The van der Waals surface area contributed by atoms with Crippen LogP contribution in [0.4, 0.5) is 0 Å². The van der Waals surface area contributed by atoms with Crippen LogP contribution in [0.25, 0.3) is 34.0 Å². The third kappa shape index (κ3) is 5.54. The second kappa shape index (κ2) is 11.2. The molecule has 0 saturated heterocycles. The minimum absolute atomic E-state index is 0.126. The maximum Gasteiger partial charge on any atom is 0.332 e. The molecule has 0 aliphatic carbocycles. The van der Waals surface area contributed by atoms with Gasteiger partial charge in [0, 0.05) is 24.2 Å². The molecular formula is C29H32N6O5.